The first-order chi connectivity index (χ1) is 19.0. The van der Waals surface area contributed by atoms with Crippen molar-refractivity contribution in [1.82, 2.24) is 0 Å². The molecule has 3 aromatic carbocycles. The zero-order chi connectivity index (χ0) is 27.5. The zero-order valence-corrected chi connectivity index (χ0v) is 21.6. The van der Waals surface area contributed by atoms with E-state index in [0.29, 0.717) is 56.9 Å². The Morgan fingerprint density at radius 1 is 0.769 bits per heavy atom. The van der Waals surface area contributed by atoms with Crippen LogP contribution in [0, 0.1) is 0 Å². The first-order valence-electron chi connectivity index (χ1n) is 11.7. The molecule has 0 aliphatic carbocycles. The number of amides is 1. The summed E-state index contributed by atoms with van der Waals surface area (Å²) in [4.78, 5) is 25.8. The van der Waals surface area contributed by atoms with E-state index in [4.69, 9.17) is 37.9 Å². The van der Waals surface area contributed by atoms with Gasteiger partial charge in [0, 0.05) is 22.9 Å². The lowest BCUT2D eigenvalue weighted by Crippen LogP contribution is -2.08. The fourth-order valence-corrected chi connectivity index (χ4v) is 4.33. The standard InChI is InChI=1S/C28H25NO10/c1-32-17-8-6-16(7-9-17)29-21(30)10-5-15-11-19(33-2)24-26(38-13-36-24)22(15)23-18(28(31)35-4)12-20(34-3)25-27(23)39-14-37-25/h5-12H,13-14H2,1-4H3,(H,29,30)/b10-5+. The predicted octanol–water partition coefficient (Wildman–Crippen LogP) is 4.28. The highest BCUT2D eigenvalue weighted by Gasteiger charge is 2.35. The molecule has 1 N–H and O–H groups in total. The fraction of sp³-hybridized carbons (Fsp3) is 0.214. The van der Waals surface area contributed by atoms with Gasteiger partial charge in [-0.3, -0.25) is 4.79 Å². The van der Waals surface area contributed by atoms with Crippen LogP contribution in [0.1, 0.15) is 15.9 Å². The van der Waals surface area contributed by atoms with Crippen molar-refractivity contribution >= 4 is 23.6 Å². The van der Waals surface area contributed by atoms with Gasteiger partial charge in [0.1, 0.15) is 5.75 Å². The van der Waals surface area contributed by atoms with Crippen LogP contribution < -0.4 is 38.5 Å². The minimum Gasteiger partial charge on any atom is -0.497 e. The number of fused-ring (bicyclic) bond motifs is 2. The third-order valence-corrected chi connectivity index (χ3v) is 6.11. The highest BCUT2D eigenvalue weighted by molar-refractivity contribution is 6.06. The number of anilines is 1. The third-order valence-electron chi connectivity index (χ3n) is 6.11. The number of nitrogens with one attached hydrogen (secondary N) is 1. The normalized spacial score (nSPS) is 12.8. The number of hydrogen-bond donors (Lipinski definition) is 1. The largest absolute Gasteiger partial charge is 0.497 e. The molecule has 0 atom stereocenters. The Balaban J connectivity index is 1.65. The second-order valence-corrected chi connectivity index (χ2v) is 8.22. The maximum absolute atomic E-state index is 13.0. The molecular formula is C28H25NO10. The fourth-order valence-electron chi connectivity index (χ4n) is 4.33. The van der Waals surface area contributed by atoms with Crippen LogP contribution in [0.2, 0.25) is 0 Å². The lowest BCUT2D eigenvalue weighted by molar-refractivity contribution is -0.111. The summed E-state index contributed by atoms with van der Waals surface area (Å²) >= 11 is 0. The van der Waals surface area contributed by atoms with Gasteiger partial charge in [0.25, 0.3) is 0 Å². The molecule has 1 amide bonds. The average Bonchev–Trinajstić information content (AvgIpc) is 3.65. The van der Waals surface area contributed by atoms with Crippen molar-refractivity contribution in [3.63, 3.8) is 0 Å². The van der Waals surface area contributed by atoms with E-state index in [-0.39, 0.29) is 24.9 Å². The molecule has 39 heavy (non-hydrogen) atoms. The molecule has 0 radical (unpaired) electrons. The first-order valence-corrected chi connectivity index (χ1v) is 11.7. The quantitative estimate of drug-likeness (QED) is 0.331. The molecule has 2 aliphatic heterocycles. The van der Waals surface area contributed by atoms with E-state index in [0.717, 1.165) is 0 Å². The number of esters is 1. The van der Waals surface area contributed by atoms with Gasteiger partial charge >= 0.3 is 5.97 Å². The van der Waals surface area contributed by atoms with Crippen LogP contribution in [0.4, 0.5) is 5.69 Å². The molecule has 0 saturated heterocycles. The summed E-state index contributed by atoms with van der Waals surface area (Å²) in [5.74, 6) is 1.52. The van der Waals surface area contributed by atoms with Crippen molar-refractivity contribution in [2.75, 3.05) is 47.3 Å². The summed E-state index contributed by atoms with van der Waals surface area (Å²) in [5.41, 5.74) is 1.95. The van der Waals surface area contributed by atoms with Gasteiger partial charge in [0.15, 0.2) is 23.0 Å². The molecule has 11 nitrogen and oxygen atoms in total. The van der Waals surface area contributed by atoms with E-state index in [1.54, 1.807) is 43.5 Å². The SMILES string of the molecule is COC(=O)c1cc(OC)c2c(c1-c1c(/C=C/C(=O)Nc3ccc(OC)cc3)cc(OC)c3c1OCO3)OCO2. The lowest BCUT2D eigenvalue weighted by Gasteiger charge is -2.18. The average molecular weight is 536 g/mol. The van der Waals surface area contributed by atoms with Gasteiger partial charge in [0.2, 0.25) is 31.0 Å². The number of benzene rings is 3. The van der Waals surface area contributed by atoms with Gasteiger partial charge < -0.3 is 43.2 Å². The molecular weight excluding hydrogens is 510 g/mol. The summed E-state index contributed by atoms with van der Waals surface area (Å²) < 4.78 is 44.1. The second-order valence-electron chi connectivity index (χ2n) is 8.22. The zero-order valence-electron chi connectivity index (χ0n) is 21.6. The highest BCUT2D eigenvalue weighted by atomic mass is 16.7. The molecule has 2 heterocycles. The molecule has 0 saturated carbocycles. The lowest BCUT2D eigenvalue weighted by atomic mass is 9.91. The van der Waals surface area contributed by atoms with Crippen LogP contribution in [-0.2, 0) is 9.53 Å². The van der Waals surface area contributed by atoms with Gasteiger partial charge in [-0.15, -0.1) is 0 Å². The number of hydrogen-bond acceptors (Lipinski definition) is 10. The van der Waals surface area contributed by atoms with Crippen LogP contribution in [0.5, 0.6) is 40.2 Å². The third kappa shape index (κ3) is 4.70. The number of ether oxygens (including phenoxy) is 8. The molecule has 0 fully saturated rings. The Labute approximate surface area is 223 Å². The van der Waals surface area contributed by atoms with Crippen molar-refractivity contribution in [2.24, 2.45) is 0 Å². The Bertz CT molecular complexity index is 1460. The van der Waals surface area contributed by atoms with E-state index in [9.17, 15) is 9.59 Å². The maximum atomic E-state index is 13.0. The topological polar surface area (TPSA) is 120 Å². The van der Waals surface area contributed by atoms with E-state index >= 15 is 0 Å². The summed E-state index contributed by atoms with van der Waals surface area (Å²) in [5, 5.41) is 2.80. The Morgan fingerprint density at radius 2 is 1.36 bits per heavy atom. The molecule has 0 aromatic heterocycles. The van der Waals surface area contributed by atoms with Crippen molar-refractivity contribution < 1.29 is 47.5 Å². The van der Waals surface area contributed by atoms with Crippen molar-refractivity contribution in [2.45, 2.75) is 0 Å². The Kier molecular flexibility index (Phi) is 7.04. The number of carbonyl (C=O) groups excluding carboxylic acids is 2. The van der Waals surface area contributed by atoms with Gasteiger partial charge in [-0.2, -0.15) is 0 Å². The van der Waals surface area contributed by atoms with E-state index in [1.807, 2.05) is 0 Å². The van der Waals surface area contributed by atoms with E-state index in [2.05, 4.69) is 5.32 Å². The molecule has 0 spiro atoms. The van der Waals surface area contributed by atoms with Crippen molar-refractivity contribution in [3.8, 4) is 51.4 Å². The highest BCUT2D eigenvalue weighted by Crippen LogP contribution is 2.56. The van der Waals surface area contributed by atoms with E-state index < -0.39 is 11.9 Å². The molecule has 2 aliphatic rings. The first kappa shape index (κ1) is 25.6. The number of carbonyl (C=O) groups is 2. The van der Waals surface area contributed by atoms with Crippen molar-refractivity contribution in [3.05, 3.63) is 53.6 Å². The maximum Gasteiger partial charge on any atom is 0.338 e. The monoisotopic (exact) mass is 535 g/mol. The molecule has 0 bridgehead atoms. The molecule has 0 unspecified atom stereocenters. The van der Waals surface area contributed by atoms with Gasteiger partial charge in [0.05, 0.1) is 34.0 Å². The summed E-state index contributed by atoms with van der Waals surface area (Å²) in [6.07, 6.45) is 2.93. The van der Waals surface area contributed by atoms with Crippen LogP contribution in [0.15, 0.2) is 42.5 Å². The molecule has 3 aromatic rings. The van der Waals surface area contributed by atoms with Gasteiger partial charge in [-0.25, -0.2) is 4.79 Å². The van der Waals surface area contributed by atoms with Crippen LogP contribution in [-0.4, -0.2) is 53.9 Å². The Morgan fingerprint density at radius 3 is 1.95 bits per heavy atom. The second kappa shape index (κ2) is 10.7. The van der Waals surface area contributed by atoms with Crippen LogP contribution >= 0.6 is 0 Å². The van der Waals surface area contributed by atoms with Gasteiger partial charge in [-0.05, 0) is 48.0 Å². The number of methoxy groups -OCH3 is 4. The van der Waals surface area contributed by atoms with Crippen molar-refractivity contribution in [1.29, 1.82) is 0 Å². The van der Waals surface area contributed by atoms with Crippen LogP contribution in [0.3, 0.4) is 0 Å². The molecule has 202 valence electrons. The van der Waals surface area contributed by atoms with Gasteiger partial charge in [-0.1, -0.05) is 0 Å². The molecule has 5 rings (SSSR count). The predicted molar refractivity (Wildman–Crippen MR) is 139 cm³/mol. The smallest absolute Gasteiger partial charge is 0.338 e. The summed E-state index contributed by atoms with van der Waals surface area (Å²) in [6.45, 7) is -0.165. The summed E-state index contributed by atoms with van der Waals surface area (Å²) in [7, 11) is 5.78. The number of rotatable bonds is 8. The van der Waals surface area contributed by atoms with E-state index in [1.165, 1.54) is 33.5 Å². The minimum atomic E-state index is -0.641. The Hall–Kier alpha value is -5.06. The van der Waals surface area contributed by atoms with Crippen LogP contribution in [0.25, 0.3) is 17.2 Å². The minimum absolute atomic E-state index is 0.0763. The summed E-state index contributed by atoms with van der Waals surface area (Å²) in [6, 6.07) is 10.1. The molecule has 11 heteroatoms.